The predicted octanol–water partition coefficient (Wildman–Crippen LogP) is 4.26. The minimum atomic E-state index is -0.516. The molecule has 0 heterocycles. The van der Waals surface area contributed by atoms with Gasteiger partial charge in [-0.2, -0.15) is 0 Å². The van der Waals surface area contributed by atoms with Crippen molar-refractivity contribution in [2.45, 2.75) is 65.6 Å². The summed E-state index contributed by atoms with van der Waals surface area (Å²) >= 11 is 0. The molecule has 0 radical (unpaired) electrons. The van der Waals surface area contributed by atoms with Gasteiger partial charge >= 0.3 is 0 Å². The summed E-state index contributed by atoms with van der Waals surface area (Å²) in [5, 5.41) is 3.00. The smallest absolute Gasteiger partial charge is 0.242 e. The molecule has 2 atom stereocenters. The first-order chi connectivity index (χ1) is 13.4. The predicted molar refractivity (Wildman–Crippen MR) is 114 cm³/mol. The third-order valence-corrected chi connectivity index (χ3v) is 5.07. The molecule has 2 aromatic rings. The van der Waals surface area contributed by atoms with E-state index in [4.69, 9.17) is 0 Å². The van der Waals surface area contributed by atoms with Crippen LogP contribution in [0, 0.1) is 6.92 Å². The molecule has 2 amide bonds. The van der Waals surface area contributed by atoms with Gasteiger partial charge in [-0.25, -0.2) is 0 Å². The Labute approximate surface area is 169 Å². The lowest BCUT2D eigenvalue weighted by molar-refractivity contribution is -0.140. The number of rotatable bonds is 9. The quantitative estimate of drug-likeness (QED) is 0.707. The number of hydrogen-bond donors (Lipinski definition) is 1. The van der Waals surface area contributed by atoms with Gasteiger partial charge in [0.25, 0.3) is 0 Å². The molecule has 0 saturated heterocycles. The molecule has 0 aliphatic carbocycles. The standard InChI is InChI=1S/C24H32N2O2/c1-5-19(3)25-24(28)20(4)26(17-22-13-9-10-18(2)16-22)23(27)15-14-21-11-7-6-8-12-21/h6-13,16,19-20H,5,14-15,17H2,1-4H3,(H,25,28)/t19-,20+/m1/s1. The molecule has 0 fully saturated rings. The fraction of sp³-hybridized carbons (Fsp3) is 0.417. The normalized spacial score (nSPS) is 12.9. The highest BCUT2D eigenvalue weighted by atomic mass is 16.2. The molecule has 28 heavy (non-hydrogen) atoms. The lowest BCUT2D eigenvalue weighted by Crippen LogP contribution is -2.49. The fourth-order valence-corrected chi connectivity index (χ4v) is 3.09. The summed E-state index contributed by atoms with van der Waals surface area (Å²) < 4.78 is 0. The lowest BCUT2D eigenvalue weighted by Gasteiger charge is -2.30. The molecule has 0 bridgehead atoms. The highest BCUT2D eigenvalue weighted by Crippen LogP contribution is 2.14. The molecule has 2 aromatic carbocycles. The summed E-state index contributed by atoms with van der Waals surface area (Å²) in [7, 11) is 0. The second-order valence-electron chi connectivity index (χ2n) is 7.49. The maximum absolute atomic E-state index is 13.1. The van der Waals surface area contributed by atoms with Crippen LogP contribution in [0.5, 0.6) is 0 Å². The molecule has 0 saturated carbocycles. The van der Waals surface area contributed by atoms with E-state index in [0.29, 0.717) is 19.4 Å². The van der Waals surface area contributed by atoms with Crippen molar-refractivity contribution in [1.29, 1.82) is 0 Å². The van der Waals surface area contributed by atoms with Crippen LogP contribution in [0.4, 0.5) is 0 Å². The average Bonchev–Trinajstić information content (AvgIpc) is 2.70. The summed E-state index contributed by atoms with van der Waals surface area (Å²) in [5.74, 6) is -0.104. The van der Waals surface area contributed by atoms with Crippen LogP contribution in [-0.2, 0) is 22.6 Å². The maximum Gasteiger partial charge on any atom is 0.242 e. The monoisotopic (exact) mass is 380 g/mol. The SMILES string of the molecule is CC[C@@H](C)NC(=O)[C@H](C)N(Cc1cccc(C)c1)C(=O)CCc1ccccc1. The van der Waals surface area contributed by atoms with E-state index in [2.05, 4.69) is 11.4 Å². The van der Waals surface area contributed by atoms with Crippen LogP contribution in [-0.4, -0.2) is 28.8 Å². The number of nitrogens with zero attached hydrogens (tertiary/aromatic N) is 1. The van der Waals surface area contributed by atoms with E-state index in [1.54, 1.807) is 4.90 Å². The Morgan fingerprint density at radius 2 is 1.68 bits per heavy atom. The van der Waals surface area contributed by atoms with E-state index in [1.807, 2.05) is 76.2 Å². The molecule has 0 aromatic heterocycles. The Bertz CT molecular complexity index is 773. The molecule has 2 rings (SSSR count). The Kier molecular flexibility index (Phi) is 8.24. The summed E-state index contributed by atoms with van der Waals surface area (Å²) in [6.45, 7) is 8.29. The lowest BCUT2D eigenvalue weighted by atomic mass is 10.1. The van der Waals surface area contributed by atoms with E-state index >= 15 is 0 Å². The summed E-state index contributed by atoms with van der Waals surface area (Å²) in [5.41, 5.74) is 3.31. The highest BCUT2D eigenvalue weighted by molar-refractivity contribution is 5.87. The van der Waals surface area contributed by atoms with Crippen molar-refractivity contribution in [3.8, 4) is 0 Å². The van der Waals surface area contributed by atoms with Crippen molar-refractivity contribution >= 4 is 11.8 Å². The van der Waals surface area contributed by atoms with Gasteiger partial charge < -0.3 is 10.2 Å². The number of amides is 2. The van der Waals surface area contributed by atoms with Gasteiger partial charge in [0.15, 0.2) is 0 Å². The Hall–Kier alpha value is -2.62. The van der Waals surface area contributed by atoms with Gasteiger partial charge in [-0.05, 0) is 44.7 Å². The van der Waals surface area contributed by atoms with Crippen molar-refractivity contribution in [1.82, 2.24) is 10.2 Å². The van der Waals surface area contributed by atoms with Crippen molar-refractivity contribution < 1.29 is 9.59 Å². The zero-order valence-electron chi connectivity index (χ0n) is 17.4. The molecule has 0 unspecified atom stereocenters. The third kappa shape index (κ3) is 6.52. The molecule has 1 N–H and O–H groups in total. The van der Waals surface area contributed by atoms with Crippen LogP contribution in [0.15, 0.2) is 54.6 Å². The molecule has 0 aliphatic rings. The van der Waals surface area contributed by atoms with Crippen LogP contribution >= 0.6 is 0 Å². The highest BCUT2D eigenvalue weighted by Gasteiger charge is 2.26. The minimum Gasteiger partial charge on any atom is -0.352 e. The number of carbonyl (C=O) groups is 2. The third-order valence-electron chi connectivity index (χ3n) is 5.07. The van der Waals surface area contributed by atoms with Crippen LogP contribution in [0.3, 0.4) is 0 Å². The van der Waals surface area contributed by atoms with Gasteiger partial charge in [-0.15, -0.1) is 0 Å². The number of aryl methyl sites for hydroxylation is 2. The largest absolute Gasteiger partial charge is 0.352 e. The molecule has 150 valence electrons. The van der Waals surface area contributed by atoms with Gasteiger partial charge in [-0.3, -0.25) is 9.59 Å². The average molecular weight is 381 g/mol. The van der Waals surface area contributed by atoms with E-state index in [0.717, 1.165) is 23.1 Å². The van der Waals surface area contributed by atoms with Crippen LogP contribution in [0.25, 0.3) is 0 Å². The Morgan fingerprint density at radius 1 is 1.00 bits per heavy atom. The second-order valence-corrected chi connectivity index (χ2v) is 7.49. The van der Waals surface area contributed by atoms with Crippen LogP contribution < -0.4 is 5.32 Å². The zero-order chi connectivity index (χ0) is 20.5. The summed E-state index contributed by atoms with van der Waals surface area (Å²) in [4.78, 5) is 27.4. The molecule has 4 heteroatoms. The molecule has 4 nitrogen and oxygen atoms in total. The van der Waals surface area contributed by atoms with E-state index in [-0.39, 0.29) is 17.9 Å². The summed E-state index contributed by atoms with van der Waals surface area (Å²) in [6.07, 6.45) is 1.92. The molecule has 0 spiro atoms. The van der Waals surface area contributed by atoms with E-state index in [9.17, 15) is 9.59 Å². The Balaban J connectivity index is 2.14. The number of hydrogen-bond acceptors (Lipinski definition) is 2. The van der Waals surface area contributed by atoms with E-state index in [1.165, 1.54) is 0 Å². The fourth-order valence-electron chi connectivity index (χ4n) is 3.09. The minimum absolute atomic E-state index is 0.00263. The second kappa shape index (κ2) is 10.6. The van der Waals surface area contributed by atoms with Gasteiger partial charge in [0.1, 0.15) is 6.04 Å². The Morgan fingerprint density at radius 3 is 2.32 bits per heavy atom. The van der Waals surface area contributed by atoms with Gasteiger partial charge in [0.05, 0.1) is 0 Å². The van der Waals surface area contributed by atoms with Gasteiger partial charge in [-0.1, -0.05) is 67.1 Å². The van der Waals surface area contributed by atoms with Crippen molar-refractivity contribution in [2.24, 2.45) is 0 Å². The van der Waals surface area contributed by atoms with Crippen molar-refractivity contribution in [2.75, 3.05) is 0 Å². The molecular weight excluding hydrogens is 348 g/mol. The van der Waals surface area contributed by atoms with Crippen molar-refractivity contribution in [3.63, 3.8) is 0 Å². The number of nitrogens with one attached hydrogen (secondary N) is 1. The van der Waals surface area contributed by atoms with Crippen LogP contribution in [0.1, 0.15) is 50.3 Å². The topological polar surface area (TPSA) is 49.4 Å². The first-order valence-electron chi connectivity index (χ1n) is 10.1. The zero-order valence-corrected chi connectivity index (χ0v) is 17.4. The number of carbonyl (C=O) groups excluding carboxylic acids is 2. The maximum atomic E-state index is 13.1. The first kappa shape index (κ1) is 21.7. The van der Waals surface area contributed by atoms with Gasteiger partial charge in [0.2, 0.25) is 11.8 Å². The first-order valence-corrected chi connectivity index (χ1v) is 10.1. The van der Waals surface area contributed by atoms with E-state index < -0.39 is 6.04 Å². The molecule has 0 aliphatic heterocycles. The van der Waals surface area contributed by atoms with Gasteiger partial charge in [0, 0.05) is 19.0 Å². The molecular formula is C24H32N2O2. The number of benzene rings is 2. The van der Waals surface area contributed by atoms with Crippen molar-refractivity contribution in [3.05, 3.63) is 71.3 Å². The summed E-state index contributed by atoms with van der Waals surface area (Å²) in [6, 6.07) is 17.6. The van der Waals surface area contributed by atoms with Crippen LogP contribution in [0.2, 0.25) is 0 Å².